The quantitative estimate of drug-likeness (QED) is 0.0595. The van der Waals surface area contributed by atoms with Crippen molar-refractivity contribution < 1.29 is 69.0 Å². The third-order valence-electron chi connectivity index (χ3n) is 6.60. The lowest BCUT2D eigenvalue weighted by atomic mass is 10.0. The Balaban J connectivity index is 3.09. The average molecular weight is 670 g/mol. The summed E-state index contributed by atoms with van der Waals surface area (Å²) in [5, 5.41) is 64.4. The van der Waals surface area contributed by atoms with Gasteiger partial charge in [-0.25, -0.2) is 0 Å². The second-order valence-corrected chi connectivity index (χ2v) is 10.4. The molecule has 0 unspecified atom stereocenters. The Hall–Kier alpha value is -5.46. The molecule has 1 aromatic carbocycles. The van der Waals surface area contributed by atoms with Crippen molar-refractivity contribution in [2.75, 3.05) is 6.54 Å². The Bertz CT molecular complexity index is 1320. The molecular formula is C28H39N5O14. The first kappa shape index (κ1) is 39.6. The molecule has 0 saturated heterocycles. The maximum Gasteiger partial charge on any atom is 0.303 e. The molecule has 0 aromatic heterocycles. The first-order valence-corrected chi connectivity index (χ1v) is 14.3. The predicted molar refractivity (Wildman–Crippen MR) is 158 cm³/mol. The van der Waals surface area contributed by atoms with E-state index in [1.165, 1.54) is 18.2 Å². The van der Waals surface area contributed by atoms with Crippen molar-refractivity contribution in [2.45, 2.75) is 82.0 Å². The van der Waals surface area contributed by atoms with Crippen molar-refractivity contribution in [2.24, 2.45) is 5.73 Å². The monoisotopic (exact) mass is 669 g/mol. The van der Waals surface area contributed by atoms with Gasteiger partial charge in [0.2, 0.25) is 23.6 Å². The Kier molecular flexibility index (Phi) is 16.7. The molecular weight excluding hydrogens is 630 g/mol. The van der Waals surface area contributed by atoms with E-state index in [1.807, 2.05) is 0 Å². The lowest BCUT2D eigenvalue weighted by Crippen LogP contribution is -2.58. The molecule has 1 rings (SSSR count). The maximum atomic E-state index is 13.2. The van der Waals surface area contributed by atoms with Crippen molar-refractivity contribution in [1.82, 2.24) is 21.3 Å². The van der Waals surface area contributed by atoms with E-state index in [-0.39, 0.29) is 30.9 Å². The lowest BCUT2D eigenvalue weighted by Gasteiger charge is -2.25. The van der Waals surface area contributed by atoms with Crippen LogP contribution in [0.15, 0.2) is 18.2 Å². The third kappa shape index (κ3) is 15.9. The fourth-order valence-electron chi connectivity index (χ4n) is 4.02. The first-order valence-electron chi connectivity index (χ1n) is 14.3. The third-order valence-corrected chi connectivity index (χ3v) is 6.60. The Morgan fingerprint density at radius 1 is 0.574 bits per heavy atom. The molecule has 4 amide bonds. The standard InChI is InChI=1S/C28H39N5O14/c29-15(2-7-21(36)37)25(44)31-17(4-9-23(40)41)27(46)33-18(5-10-24(42)43)28(47)32-16(3-8-22(38)39)26(45)30-12-11-14-1-6-19(34)20(35)13-14/h1,6,13,15-18,34-35H,2-5,7-12,29H2,(H,30,45)(H,31,44)(H,32,47)(H,33,46)(H,36,37)(H,38,39)(H,40,41)(H,42,43)/t15-,16-,17-,18-/m0/s1. The molecule has 0 aliphatic heterocycles. The summed E-state index contributed by atoms with van der Waals surface area (Å²) in [5.41, 5.74) is 6.18. The van der Waals surface area contributed by atoms with Gasteiger partial charge in [-0.2, -0.15) is 0 Å². The molecule has 0 saturated carbocycles. The molecule has 260 valence electrons. The highest BCUT2D eigenvalue weighted by atomic mass is 16.4. The van der Waals surface area contributed by atoms with E-state index < -0.39 is 117 Å². The van der Waals surface area contributed by atoms with E-state index in [0.717, 1.165) is 0 Å². The molecule has 0 bridgehead atoms. The molecule has 0 spiro atoms. The molecule has 47 heavy (non-hydrogen) atoms. The predicted octanol–water partition coefficient (Wildman–Crippen LogP) is -2.00. The fraction of sp³-hybridized carbons (Fsp3) is 0.500. The topological polar surface area (TPSA) is 332 Å². The van der Waals surface area contributed by atoms with Crippen molar-refractivity contribution in [3.05, 3.63) is 23.8 Å². The molecule has 19 nitrogen and oxygen atoms in total. The largest absolute Gasteiger partial charge is 0.504 e. The molecule has 4 atom stereocenters. The van der Waals surface area contributed by atoms with Crippen LogP contribution in [-0.4, -0.2) is 109 Å². The molecule has 0 radical (unpaired) electrons. The van der Waals surface area contributed by atoms with Gasteiger partial charge < -0.3 is 57.6 Å². The lowest BCUT2D eigenvalue weighted by molar-refractivity contribution is -0.140. The first-order chi connectivity index (χ1) is 22.0. The van der Waals surface area contributed by atoms with E-state index in [9.17, 15) is 48.6 Å². The summed E-state index contributed by atoms with van der Waals surface area (Å²) >= 11 is 0. The van der Waals surface area contributed by atoms with Gasteiger partial charge in [0.1, 0.15) is 18.1 Å². The van der Waals surface area contributed by atoms with E-state index >= 15 is 0 Å². The van der Waals surface area contributed by atoms with Crippen LogP contribution in [-0.2, 0) is 44.8 Å². The number of carboxylic acids is 4. The zero-order chi connectivity index (χ0) is 35.7. The normalized spacial score (nSPS) is 13.2. The van der Waals surface area contributed by atoms with Gasteiger partial charge in [-0.05, 0) is 49.8 Å². The molecule has 19 heteroatoms. The highest BCUT2D eigenvalue weighted by Crippen LogP contribution is 2.24. The minimum absolute atomic E-state index is 0.0405. The second-order valence-electron chi connectivity index (χ2n) is 10.4. The number of carbonyl (C=O) groups excluding carboxylic acids is 4. The molecule has 12 N–H and O–H groups in total. The van der Waals surface area contributed by atoms with Crippen LogP contribution in [0.2, 0.25) is 0 Å². The van der Waals surface area contributed by atoms with Crippen LogP contribution in [0, 0.1) is 0 Å². The Morgan fingerprint density at radius 2 is 0.979 bits per heavy atom. The summed E-state index contributed by atoms with van der Waals surface area (Å²) in [6.45, 7) is -0.0405. The molecule has 0 fully saturated rings. The summed E-state index contributed by atoms with van der Waals surface area (Å²) < 4.78 is 0. The number of hydrogen-bond donors (Lipinski definition) is 11. The number of nitrogens with one attached hydrogen (secondary N) is 4. The van der Waals surface area contributed by atoms with Gasteiger partial charge in [-0.15, -0.1) is 0 Å². The number of aromatic hydroxyl groups is 2. The number of phenolic OH excluding ortho intramolecular Hbond substituents is 2. The van der Waals surface area contributed by atoms with Crippen molar-refractivity contribution in [3.63, 3.8) is 0 Å². The molecule has 1 aromatic rings. The van der Waals surface area contributed by atoms with Crippen LogP contribution >= 0.6 is 0 Å². The minimum atomic E-state index is -1.65. The number of benzene rings is 1. The van der Waals surface area contributed by atoms with Crippen LogP contribution in [0.5, 0.6) is 11.5 Å². The van der Waals surface area contributed by atoms with Crippen LogP contribution < -0.4 is 27.0 Å². The van der Waals surface area contributed by atoms with E-state index in [2.05, 4.69) is 21.3 Å². The summed E-state index contributed by atoms with van der Waals surface area (Å²) in [4.78, 5) is 96.1. The number of hydrogen-bond acceptors (Lipinski definition) is 11. The van der Waals surface area contributed by atoms with Gasteiger partial charge >= 0.3 is 23.9 Å². The van der Waals surface area contributed by atoms with Gasteiger partial charge in [0, 0.05) is 32.2 Å². The van der Waals surface area contributed by atoms with Crippen molar-refractivity contribution in [3.8, 4) is 11.5 Å². The summed E-state index contributed by atoms with van der Waals surface area (Å²) in [5.74, 6) is -10.0. The molecule has 0 aliphatic carbocycles. The SMILES string of the molecule is N[C@@H](CCC(=O)O)C(=O)N[C@@H](CCC(=O)O)C(=O)N[C@@H](CCC(=O)O)C(=O)N[C@@H](CCC(=O)O)C(=O)NCCc1ccc(O)c(O)c1. The number of amides is 4. The van der Waals surface area contributed by atoms with Crippen LogP contribution in [0.1, 0.15) is 56.9 Å². The van der Waals surface area contributed by atoms with Gasteiger partial charge in [0.15, 0.2) is 11.5 Å². The minimum Gasteiger partial charge on any atom is -0.504 e. The number of rotatable bonds is 22. The van der Waals surface area contributed by atoms with E-state index in [1.54, 1.807) is 0 Å². The number of aliphatic carboxylic acids is 4. The fourth-order valence-corrected chi connectivity index (χ4v) is 4.02. The van der Waals surface area contributed by atoms with Gasteiger partial charge in [-0.1, -0.05) is 6.07 Å². The maximum absolute atomic E-state index is 13.2. The number of phenols is 2. The second kappa shape index (κ2) is 19.8. The average Bonchev–Trinajstić information content (AvgIpc) is 2.98. The van der Waals surface area contributed by atoms with Crippen LogP contribution in [0.4, 0.5) is 0 Å². The zero-order valence-electron chi connectivity index (χ0n) is 25.1. The molecule has 0 aliphatic rings. The van der Waals surface area contributed by atoms with Crippen molar-refractivity contribution in [1.29, 1.82) is 0 Å². The van der Waals surface area contributed by atoms with Crippen molar-refractivity contribution >= 4 is 47.5 Å². The Morgan fingerprint density at radius 3 is 1.40 bits per heavy atom. The Labute approximate surface area is 267 Å². The number of carbonyl (C=O) groups is 8. The highest BCUT2D eigenvalue weighted by Gasteiger charge is 2.31. The number of carboxylic acid groups (broad SMARTS) is 4. The summed E-state index contributed by atoms with van der Waals surface area (Å²) in [7, 11) is 0. The van der Waals surface area contributed by atoms with Crippen LogP contribution in [0.3, 0.4) is 0 Å². The van der Waals surface area contributed by atoms with E-state index in [4.69, 9.17) is 26.2 Å². The van der Waals surface area contributed by atoms with Crippen LogP contribution in [0.25, 0.3) is 0 Å². The number of nitrogens with two attached hydrogens (primary N) is 1. The highest BCUT2D eigenvalue weighted by molar-refractivity contribution is 5.95. The zero-order valence-corrected chi connectivity index (χ0v) is 25.1. The summed E-state index contributed by atoms with van der Waals surface area (Å²) in [6.07, 6.45) is -3.90. The summed E-state index contributed by atoms with van der Waals surface area (Å²) in [6, 6.07) is -2.12. The van der Waals surface area contributed by atoms with E-state index in [0.29, 0.717) is 5.56 Å². The molecule has 0 heterocycles. The smallest absolute Gasteiger partial charge is 0.303 e. The van der Waals surface area contributed by atoms with Gasteiger partial charge in [-0.3, -0.25) is 38.4 Å². The van der Waals surface area contributed by atoms with Gasteiger partial charge in [0.05, 0.1) is 6.04 Å². The van der Waals surface area contributed by atoms with Gasteiger partial charge in [0.25, 0.3) is 0 Å².